The van der Waals surface area contributed by atoms with Gasteiger partial charge < -0.3 is 4.98 Å². The maximum absolute atomic E-state index is 11.5. The minimum Gasteiger partial charge on any atom is -0.322 e. The second kappa shape index (κ2) is 6.66. The summed E-state index contributed by atoms with van der Waals surface area (Å²) in [5.74, 6) is 0. The fraction of sp³-hybridized carbons (Fsp3) is 0.190. The van der Waals surface area contributed by atoms with Crippen LogP contribution in [0.1, 0.15) is 25.5 Å². The van der Waals surface area contributed by atoms with Crippen molar-refractivity contribution in [1.82, 2.24) is 34.7 Å². The first-order valence-corrected chi connectivity index (χ1v) is 9.43. The molecule has 0 saturated heterocycles. The highest BCUT2D eigenvalue weighted by atomic mass is 16.1. The summed E-state index contributed by atoms with van der Waals surface area (Å²) in [7, 11) is 0. The molecule has 8 nitrogen and oxygen atoms in total. The van der Waals surface area contributed by atoms with Gasteiger partial charge in [-0.25, -0.2) is 9.67 Å². The minimum atomic E-state index is -0.106. The lowest BCUT2D eigenvalue weighted by Crippen LogP contribution is -2.05. The van der Waals surface area contributed by atoms with Crippen molar-refractivity contribution < 1.29 is 0 Å². The normalized spacial score (nSPS) is 11.7. The zero-order chi connectivity index (χ0) is 20.0. The van der Waals surface area contributed by atoms with Crippen molar-refractivity contribution in [3.05, 3.63) is 70.8 Å². The topological polar surface area (TPSA) is 94.3 Å². The van der Waals surface area contributed by atoms with Gasteiger partial charge in [-0.15, -0.1) is 5.10 Å². The largest absolute Gasteiger partial charge is 0.322 e. The highest BCUT2D eigenvalue weighted by Crippen LogP contribution is 2.21. The Hall–Kier alpha value is -3.81. The fourth-order valence-electron chi connectivity index (χ4n) is 3.35. The standard InChI is InChI=1S/C21H19N7O/c1-13(2)27-12-16(10-22-27)18-6-7-19-21(24-18)28(26-25-19)11-14-3-5-17-15(9-14)4-8-20(29)23-17/h3-10,12-13H,11H2,1-2H3,(H,23,29). The number of nitrogens with zero attached hydrogens (tertiary/aromatic N) is 6. The monoisotopic (exact) mass is 385 g/mol. The van der Waals surface area contributed by atoms with E-state index in [0.717, 1.165) is 38.9 Å². The molecule has 0 saturated carbocycles. The van der Waals surface area contributed by atoms with Crippen LogP contribution >= 0.6 is 0 Å². The molecule has 0 unspecified atom stereocenters. The zero-order valence-corrected chi connectivity index (χ0v) is 16.1. The van der Waals surface area contributed by atoms with Gasteiger partial charge in [0.15, 0.2) is 5.65 Å². The van der Waals surface area contributed by atoms with E-state index in [1.807, 2.05) is 53.5 Å². The summed E-state index contributed by atoms with van der Waals surface area (Å²) in [6.45, 7) is 4.71. The number of fused-ring (bicyclic) bond motifs is 2. The van der Waals surface area contributed by atoms with Gasteiger partial charge in [0, 0.05) is 29.4 Å². The van der Waals surface area contributed by atoms with Crippen LogP contribution < -0.4 is 5.56 Å². The van der Waals surface area contributed by atoms with Gasteiger partial charge in [0.25, 0.3) is 0 Å². The van der Waals surface area contributed by atoms with Crippen molar-refractivity contribution in [2.45, 2.75) is 26.4 Å². The second-order valence-electron chi connectivity index (χ2n) is 7.33. The number of hydrogen-bond donors (Lipinski definition) is 1. The lowest BCUT2D eigenvalue weighted by atomic mass is 10.1. The molecule has 4 aromatic heterocycles. The van der Waals surface area contributed by atoms with Gasteiger partial charge in [0.05, 0.1) is 18.4 Å². The predicted molar refractivity (Wildman–Crippen MR) is 111 cm³/mol. The number of aromatic amines is 1. The Balaban J connectivity index is 1.51. The van der Waals surface area contributed by atoms with Gasteiger partial charge in [-0.1, -0.05) is 11.3 Å². The maximum Gasteiger partial charge on any atom is 0.248 e. The van der Waals surface area contributed by atoms with E-state index in [-0.39, 0.29) is 5.56 Å². The SMILES string of the molecule is CC(C)n1cc(-c2ccc3nnn(Cc4ccc5[nH]c(=O)ccc5c4)c3n2)cn1. The zero-order valence-electron chi connectivity index (χ0n) is 16.1. The van der Waals surface area contributed by atoms with E-state index in [4.69, 9.17) is 4.98 Å². The highest BCUT2D eigenvalue weighted by molar-refractivity contribution is 5.79. The summed E-state index contributed by atoms with van der Waals surface area (Å²) in [5, 5.41) is 13.9. The third kappa shape index (κ3) is 3.18. The summed E-state index contributed by atoms with van der Waals surface area (Å²) < 4.78 is 3.70. The van der Waals surface area contributed by atoms with E-state index in [1.54, 1.807) is 4.68 Å². The molecular formula is C21H19N7O. The van der Waals surface area contributed by atoms with Gasteiger partial charge in [-0.3, -0.25) is 9.48 Å². The molecule has 4 heterocycles. The highest BCUT2D eigenvalue weighted by Gasteiger charge is 2.11. The van der Waals surface area contributed by atoms with Crippen molar-refractivity contribution in [3.8, 4) is 11.3 Å². The predicted octanol–water partition coefficient (Wildman–Crippen LogP) is 3.16. The number of benzene rings is 1. The average Bonchev–Trinajstić information content (AvgIpc) is 3.36. The molecule has 0 spiro atoms. The molecule has 0 aliphatic carbocycles. The lowest BCUT2D eigenvalue weighted by molar-refractivity contribution is 0.532. The Morgan fingerprint density at radius 2 is 2.00 bits per heavy atom. The molecule has 144 valence electrons. The third-order valence-corrected chi connectivity index (χ3v) is 4.91. The van der Waals surface area contributed by atoms with Crippen LogP contribution in [0.15, 0.2) is 59.7 Å². The molecule has 0 bridgehead atoms. The second-order valence-corrected chi connectivity index (χ2v) is 7.33. The number of hydrogen-bond acceptors (Lipinski definition) is 5. The number of aromatic nitrogens is 7. The Morgan fingerprint density at radius 1 is 1.10 bits per heavy atom. The van der Waals surface area contributed by atoms with Crippen LogP contribution in [0.25, 0.3) is 33.3 Å². The van der Waals surface area contributed by atoms with Crippen LogP contribution in [0.3, 0.4) is 0 Å². The van der Waals surface area contributed by atoms with E-state index < -0.39 is 0 Å². The van der Waals surface area contributed by atoms with E-state index >= 15 is 0 Å². The number of rotatable bonds is 4. The molecule has 1 aromatic carbocycles. The Morgan fingerprint density at radius 3 is 2.83 bits per heavy atom. The van der Waals surface area contributed by atoms with Gasteiger partial charge in [-0.2, -0.15) is 5.10 Å². The van der Waals surface area contributed by atoms with Crippen molar-refractivity contribution in [2.75, 3.05) is 0 Å². The van der Waals surface area contributed by atoms with Crippen LogP contribution in [-0.4, -0.2) is 34.7 Å². The maximum atomic E-state index is 11.5. The first-order valence-electron chi connectivity index (χ1n) is 9.43. The summed E-state index contributed by atoms with van der Waals surface area (Å²) in [6, 6.07) is 13.4. The van der Waals surface area contributed by atoms with Gasteiger partial charge in [0.2, 0.25) is 5.56 Å². The average molecular weight is 385 g/mol. The molecule has 0 radical (unpaired) electrons. The molecule has 1 N–H and O–H groups in total. The number of H-pyrrole nitrogens is 1. The van der Waals surface area contributed by atoms with Crippen LogP contribution in [0, 0.1) is 0 Å². The van der Waals surface area contributed by atoms with Gasteiger partial charge >= 0.3 is 0 Å². The minimum absolute atomic E-state index is 0.106. The molecule has 0 atom stereocenters. The summed E-state index contributed by atoms with van der Waals surface area (Å²) in [5.41, 5.74) is 5.03. The fourth-order valence-corrected chi connectivity index (χ4v) is 3.35. The van der Waals surface area contributed by atoms with E-state index in [9.17, 15) is 4.79 Å². The molecule has 5 rings (SSSR count). The van der Waals surface area contributed by atoms with Gasteiger partial charge in [0.1, 0.15) is 5.52 Å². The van der Waals surface area contributed by atoms with Crippen molar-refractivity contribution in [2.24, 2.45) is 0 Å². The van der Waals surface area contributed by atoms with Crippen LogP contribution in [0.4, 0.5) is 0 Å². The molecule has 0 aliphatic rings. The summed E-state index contributed by atoms with van der Waals surface area (Å²) in [6.07, 6.45) is 3.82. The molecule has 0 fully saturated rings. The van der Waals surface area contributed by atoms with E-state index in [2.05, 4.69) is 34.2 Å². The molecule has 8 heteroatoms. The first kappa shape index (κ1) is 17.3. The van der Waals surface area contributed by atoms with Crippen molar-refractivity contribution in [3.63, 3.8) is 0 Å². The van der Waals surface area contributed by atoms with Crippen LogP contribution in [0.5, 0.6) is 0 Å². The van der Waals surface area contributed by atoms with Gasteiger partial charge in [-0.05, 0) is 55.1 Å². The number of nitrogens with one attached hydrogen (secondary N) is 1. The van der Waals surface area contributed by atoms with Crippen molar-refractivity contribution in [1.29, 1.82) is 0 Å². The first-order chi connectivity index (χ1) is 14.1. The Labute approximate surface area is 165 Å². The molecule has 29 heavy (non-hydrogen) atoms. The van der Waals surface area contributed by atoms with Crippen LogP contribution in [0.2, 0.25) is 0 Å². The van der Waals surface area contributed by atoms with Crippen molar-refractivity contribution >= 4 is 22.1 Å². The summed E-state index contributed by atoms with van der Waals surface area (Å²) >= 11 is 0. The quantitative estimate of drug-likeness (QED) is 0.513. The smallest absolute Gasteiger partial charge is 0.248 e. The van der Waals surface area contributed by atoms with E-state index in [1.165, 1.54) is 6.07 Å². The molecular weight excluding hydrogens is 366 g/mol. The number of pyridine rings is 2. The Bertz CT molecular complexity index is 1390. The lowest BCUT2D eigenvalue weighted by Gasteiger charge is -2.05. The Kier molecular flexibility index (Phi) is 3.97. The van der Waals surface area contributed by atoms with E-state index in [0.29, 0.717) is 12.6 Å². The van der Waals surface area contributed by atoms with Crippen LogP contribution in [-0.2, 0) is 6.54 Å². The third-order valence-electron chi connectivity index (χ3n) is 4.91. The summed E-state index contributed by atoms with van der Waals surface area (Å²) in [4.78, 5) is 19.1. The molecule has 0 aliphatic heterocycles. The molecule has 5 aromatic rings. The molecule has 0 amide bonds.